The van der Waals surface area contributed by atoms with E-state index in [-0.39, 0.29) is 11.6 Å². The van der Waals surface area contributed by atoms with Crippen LogP contribution in [0, 0.1) is 11.6 Å². The number of carbonyl (C=O) groups is 2. The topological polar surface area (TPSA) is 52.6 Å². The van der Waals surface area contributed by atoms with E-state index < -0.39 is 11.9 Å². The minimum Gasteiger partial charge on any atom is -0.463 e. The summed E-state index contributed by atoms with van der Waals surface area (Å²) in [5, 5.41) is 0. The van der Waals surface area contributed by atoms with Crippen molar-refractivity contribution < 1.29 is 27.8 Å². The molecule has 0 atom stereocenters. The van der Waals surface area contributed by atoms with Crippen LogP contribution >= 0.6 is 0 Å². The van der Waals surface area contributed by atoms with Crippen LogP contribution in [-0.2, 0) is 19.1 Å². The Bertz CT molecular complexity index is 782. The molecular weight excluding hydrogens is 390 g/mol. The van der Waals surface area contributed by atoms with Crippen LogP contribution in [0.1, 0.15) is 36.8 Å². The molecule has 158 valence electrons. The zero-order valence-corrected chi connectivity index (χ0v) is 16.6. The maximum absolute atomic E-state index is 12.8. The first kappa shape index (κ1) is 23.0. The third-order valence-corrected chi connectivity index (χ3v) is 4.09. The Morgan fingerprint density at radius 1 is 0.633 bits per heavy atom. The van der Waals surface area contributed by atoms with Gasteiger partial charge in [-0.1, -0.05) is 24.3 Å². The molecule has 0 aliphatic heterocycles. The summed E-state index contributed by atoms with van der Waals surface area (Å²) in [4.78, 5) is 23.2. The lowest BCUT2D eigenvalue weighted by molar-refractivity contribution is -0.139. The Labute approximate surface area is 174 Å². The molecule has 0 fully saturated rings. The van der Waals surface area contributed by atoms with Crippen LogP contribution in [-0.4, -0.2) is 25.2 Å². The van der Waals surface area contributed by atoms with Crippen molar-refractivity contribution >= 4 is 24.1 Å². The van der Waals surface area contributed by atoms with E-state index in [9.17, 15) is 18.4 Å². The van der Waals surface area contributed by atoms with Gasteiger partial charge in [-0.2, -0.15) is 0 Å². The fourth-order valence-corrected chi connectivity index (χ4v) is 2.48. The molecule has 0 saturated carbocycles. The number of benzene rings is 2. The van der Waals surface area contributed by atoms with E-state index in [1.54, 1.807) is 36.4 Å². The molecule has 0 aliphatic rings. The zero-order chi connectivity index (χ0) is 21.6. The van der Waals surface area contributed by atoms with Crippen LogP contribution in [0.2, 0.25) is 0 Å². The largest absolute Gasteiger partial charge is 0.463 e. The average Bonchev–Trinajstić information content (AvgIpc) is 2.74. The molecule has 0 saturated heterocycles. The highest BCUT2D eigenvalue weighted by Crippen LogP contribution is 2.07. The predicted octanol–water partition coefficient (Wildman–Crippen LogP) is 5.34. The van der Waals surface area contributed by atoms with E-state index in [4.69, 9.17) is 9.47 Å². The molecule has 0 radical (unpaired) electrons. The monoisotopic (exact) mass is 414 g/mol. The first-order valence-electron chi connectivity index (χ1n) is 9.74. The second-order valence-electron chi connectivity index (χ2n) is 6.52. The molecule has 30 heavy (non-hydrogen) atoms. The second kappa shape index (κ2) is 13.0. The van der Waals surface area contributed by atoms with Crippen molar-refractivity contribution in [3.05, 3.63) is 83.4 Å². The normalized spacial score (nSPS) is 11.1. The van der Waals surface area contributed by atoms with Gasteiger partial charge in [0.15, 0.2) is 0 Å². The molecule has 2 aromatic rings. The number of rotatable bonds is 11. The van der Waals surface area contributed by atoms with Gasteiger partial charge in [0, 0.05) is 12.2 Å². The lowest BCUT2D eigenvalue weighted by Crippen LogP contribution is -2.03. The number of esters is 2. The standard InChI is InChI=1S/C24H24F2O4/c25-21-11-5-19(6-12-21)9-15-23(27)29-17-3-1-2-4-18-30-24(28)16-10-20-7-13-22(26)14-8-20/h5-16H,1-4,17-18H2. The highest BCUT2D eigenvalue weighted by Gasteiger charge is 2.00. The van der Waals surface area contributed by atoms with Crippen LogP contribution in [0.5, 0.6) is 0 Å². The first-order chi connectivity index (χ1) is 14.5. The van der Waals surface area contributed by atoms with Crippen LogP contribution in [0.3, 0.4) is 0 Å². The third-order valence-electron chi connectivity index (χ3n) is 4.09. The van der Waals surface area contributed by atoms with Gasteiger partial charge in [-0.3, -0.25) is 0 Å². The summed E-state index contributed by atoms with van der Waals surface area (Å²) in [6, 6.07) is 11.6. The lowest BCUT2D eigenvalue weighted by atomic mass is 10.2. The maximum Gasteiger partial charge on any atom is 0.330 e. The number of hydrogen-bond donors (Lipinski definition) is 0. The predicted molar refractivity (Wildman–Crippen MR) is 111 cm³/mol. The van der Waals surface area contributed by atoms with Crippen molar-refractivity contribution in [3.63, 3.8) is 0 Å². The smallest absolute Gasteiger partial charge is 0.330 e. The van der Waals surface area contributed by atoms with E-state index in [1.165, 1.54) is 36.4 Å². The number of hydrogen-bond acceptors (Lipinski definition) is 4. The Kier molecular flexibility index (Phi) is 10.00. The second-order valence-corrected chi connectivity index (χ2v) is 6.52. The highest BCUT2D eigenvalue weighted by molar-refractivity contribution is 5.87. The summed E-state index contributed by atoms with van der Waals surface area (Å²) in [7, 11) is 0. The molecule has 0 aliphatic carbocycles. The van der Waals surface area contributed by atoms with Crippen LogP contribution < -0.4 is 0 Å². The molecule has 6 heteroatoms. The van der Waals surface area contributed by atoms with Crippen LogP contribution in [0.15, 0.2) is 60.7 Å². The Morgan fingerprint density at radius 2 is 1.00 bits per heavy atom. The van der Waals surface area contributed by atoms with E-state index in [2.05, 4.69) is 0 Å². The summed E-state index contributed by atoms with van der Waals surface area (Å²) < 4.78 is 35.8. The van der Waals surface area contributed by atoms with Crippen LogP contribution in [0.4, 0.5) is 8.78 Å². The molecule has 0 amide bonds. The van der Waals surface area contributed by atoms with Gasteiger partial charge < -0.3 is 9.47 Å². The first-order valence-corrected chi connectivity index (χ1v) is 9.74. The minimum atomic E-state index is -0.443. The van der Waals surface area contributed by atoms with E-state index in [0.717, 1.165) is 24.0 Å². The van der Waals surface area contributed by atoms with Crippen molar-refractivity contribution in [2.24, 2.45) is 0 Å². The quantitative estimate of drug-likeness (QED) is 0.283. The van der Waals surface area contributed by atoms with E-state index in [1.807, 2.05) is 0 Å². The maximum atomic E-state index is 12.8. The minimum absolute atomic E-state index is 0.312. The fourth-order valence-electron chi connectivity index (χ4n) is 2.48. The molecule has 4 nitrogen and oxygen atoms in total. The summed E-state index contributed by atoms with van der Waals surface area (Å²) in [5.74, 6) is -1.54. The molecule has 0 bridgehead atoms. The van der Waals surface area contributed by atoms with Gasteiger partial charge in [-0.05, 0) is 73.2 Å². The van der Waals surface area contributed by atoms with Crippen molar-refractivity contribution in [3.8, 4) is 0 Å². The molecule has 0 N–H and O–H groups in total. The summed E-state index contributed by atoms with van der Waals surface area (Å²) >= 11 is 0. The molecule has 0 spiro atoms. The van der Waals surface area contributed by atoms with Gasteiger partial charge in [-0.25, -0.2) is 18.4 Å². The van der Waals surface area contributed by atoms with Gasteiger partial charge in [0.25, 0.3) is 0 Å². The van der Waals surface area contributed by atoms with E-state index in [0.29, 0.717) is 26.1 Å². The average molecular weight is 414 g/mol. The van der Waals surface area contributed by atoms with Crippen molar-refractivity contribution in [1.82, 2.24) is 0 Å². The fraction of sp³-hybridized carbons (Fsp3) is 0.250. The number of carbonyl (C=O) groups excluding carboxylic acids is 2. The molecule has 0 unspecified atom stereocenters. The summed E-state index contributed by atoms with van der Waals surface area (Å²) in [5.41, 5.74) is 1.44. The third kappa shape index (κ3) is 9.78. The number of halogens is 2. The van der Waals surface area contributed by atoms with Gasteiger partial charge in [-0.15, -0.1) is 0 Å². The van der Waals surface area contributed by atoms with Gasteiger partial charge in [0.05, 0.1) is 13.2 Å². The molecular formula is C24H24F2O4. The van der Waals surface area contributed by atoms with Gasteiger partial charge >= 0.3 is 11.9 Å². The SMILES string of the molecule is O=C(C=Cc1ccc(F)cc1)OCCCCCCOC(=O)C=Cc1ccc(F)cc1. The van der Waals surface area contributed by atoms with Crippen molar-refractivity contribution in [2.75, 3.05) is 13.2 Å². The Hall–Kier alpha value is -3.28. The zero-order valence-electron chi connectivity index (χ0n) is 16.6. The van der Waals surface area contributed by atoms with Gasteiger partial charge in [0.2, 0.25) is 0 Å². The molecule has 2 rings (SSSR count). The Balaban J connectivity index is 1.48. The van der Waals surface area contributed by atoms with Crippen LogP contribution in [0.25, 0.3) is 12.2 Å². The molecule has 0 heterocycles. The van der Waals surface area contributed by atoms with E-state index >= 15 is 0 Å². The number of ether oxygens (including phenoxy) is 2. The van der Waals surface area contributed by atoms with Crippen molar-refractivity contribution in [2.45, 2.75) is 25.7 Å². The summed E-state index contributed by atoms with van der Waals surface area (Å²) in [6.45, 7) is 0.625. The lowest BCUT2D eigenvalue weighted by Gasteiger charge is -2.03. The van der Waals surface area contributed by atoms with Crippen molar-refractivity contribution in [1.29, 1.82) is 0 Å². The number of unbranched alkanes of at least 4 members (excludes halogenated alkanes) is 3. The highest BCUT2D eigenvalue weighted by atomic mass is 19.1. The summed E-state index contributed by atoms with van der Waals surface area (Å²) in [6.07, 6.45) is 8.89. The van der Waals surface area contributed by atoms with Gasteiger partial charge in [0.1, 0.15) is 11.6 Å². The molecule has 0 aromatic heterocycles. The molecule has 2 aromatic carbocycles. The Morgan fingerprint density at radius 3 is 1.37 bits per heavy atom.